The topological polar surface area (TPSA) is 238 Å². The third-order valence-corrected chi connectivity index (χ3v) is 7.37. The van der Waals surface area contributed by atoms with Crippen LogP contribution < -0.4 is 32.3 Å². The first kappa shape index (κ1) is 41.8. The molecule has 0 bridgehead atoms. The minimum atomic E-state index is -4.56. The maximum atomic E-state index is 15.7. The van der Waals surface area contributed by atoms with Crippen LogP contribution in [0.3, 0.4) is 0 Å². The van der Waals surface area contributed by atoms with Crippen LogP contribution in [0.25, 0.3) is 0 Å². The minimum Gasteiger partial charge on any atom is -0.467 e. The van der Waals surface area contributed by atoms with Gasteiger partial charge in [-0.25, -0.2) is 4.79 Å². The van der Waals surface area contributed by atoms with Gasteiger partial charge >= 0.3 is 11.9 Å². The van der Waals surface area contributed by atoms with E-state index in [0.717, 1.165) is 7.11 Å². The number of alkyl halides is 2. The second-order valence-corrected chi connectivity index (χ2v) is 12.1. The molecule has 0 fully saturated rings. The van der Waals surface area contributed by atoms with Gasteiger partial charge < -0.3 is 47.3 Å². The molecule has 0 aliphatic heterocycles. The number of methoxy groups -OCH3 is 1. The third-order valence-electron chi connectivity index (χ3n) is 7.37. The van der Waals surface area contributed by atoms with Gasteiger partial charge in [0.2, 0.25) is 23.6 Å². The number of halogens is 2. The zero-order valence-electron chi connectivity index (χ0n) is 28.1. The summed E-state index contributed by atoms with van der Waals surface area (Å²) in [5.41, 5.74) is 5.82. The molecule has 1 aromatic carbocycles. The number of rotatable bonds is 18. The summed E-state index contributed by atoms with van der Waals surface area (Å²) in [6.45, 7) is 8.03. The molecule has 0 aliphatic rings. The molecule has 0 heterocycles. The molecule has 15 nitrogen and oxygen atoms in total. The summed E-state index contributed by atoms with van der Waals surface area (Å²) < 4.78 is 36.0. The van der Waals surface area contributed by atoms with E-state index in [0.29, 0.717) is 5.56 Å². The average Bonchev–Trinajstić information content (AvgIpc) is 3.04. The molecule has 0 radical (unpaired) electrons. The summed E-state index contributed by atoms with van der Waals surface area (Å²) in [5, 5.41) is 31.1. The first-order valence-corrected chi connectivity index (χ1v) is 15.3. The van der Waals surface area contributed by atoms with E-state index >= 15 is 8.78 Å². The molecular weight excluding hydrogens is 638 g/mol. The van der Waals surface area contributed by atoms with Crippen molar-refractivity contribution in [1.82, 2.24) is 26.6 Å². The van der Waals surface area contributed by atoms with Crippen LogP contribution in [-0.4, -0.2) is 108 Å². The van der Waals surface area contributed by atoms with Gasteiger partial charge in [0.1, 0.15) is 36.3 Å². The van der Waals surface area contributed by atoms with Gasteiger partial charge in [0.25, 0.3) is 5.91 Å². The van der Waals surface area contributed by atoms with Crippen LogP contribution in [0, 0.1) is 11.8 Å². The second kappa shape index (κ2) is 18.9. The van der Waals surface area contributed by atoms with E-state index in [2.05, 4.69) is 26.0 Å². The summed E-state index contributed by atoms with van der Waals surface area (Å²) in [6, 6.07) is -0.378. The highest BCUT2D eigenvalue weighted by molar-refractivity contribution is 5.94. The van der Waals surface area contributed by atoms with E-state index in [1.807, 2.05) is 5.32 Å². The van der Waals surface area contributed by atoms with Crippen molar-refractivity contribution in [3.05, 3.63) is 35.9 Å². The summed E-state index contributed by atoms with van der Waals surface area (Å²) in [6.07, 6.45) is -3.19. The average molecular weight is 687 g/mol. The van der Waals surface area contributed by atoms with Gasteiger partial charge in [0, 0.05) is 0 Å². The van der Waals surface area contributed by atoms with Crippen molar-refractivity contribution in [3.8, 4) is 0 Å². The highest BCUT2D eigenvalue weighted by Gasteiger charge is 2.51. The fraction of sp³-hybridized carbons (Fsp3) is 0.613. The number of ether oxygens (including phenoxy) is 1. The Morgan fingerprint density at radius 1 is 0.771 bits per heavy atom. The van der Waals surface area contributed by atoms with Crippen molar-refractivity contribution in [2.45, 2.75) is 96.2 Å². The molecule has 5 amide bonds. The molecule has 0 aliphatic carbocycles. The lowest BCUT2D eigenvalue weighted by Gasteiger charge is -2.32. The zero-order valence-corrected chi connectivity index (χ0v) is 28.1. The predicted molar refractivity (Wildman–Crippen MR) is 169 cm³/mol. The lowest BCUT2D eigenvalue weighted by Crippen LogP contribution is -2.63. The Kier molecular flexibility index (Phi) is 16.5. The molecule has 0 saturated carbocycles. The van der Waals surface area contributed by atoms with E-state index in [-0.39, 0.29) is 6.42 Å². The number of hydrogen-bond donors (Lipinski definition) is 8. The highest BCUT2D eigenvalue weighted by atomic mass is 19.3. The quantitative estimate of drug-likeness (QED) is 0.0832. The van der Waals surface area contributed by atoms with Crippen molar-refractivity contribution in [2.75, 3.05) is 13.7 Å². The molecule has 9 N–H and O–H groups in total. The Balaban J connectivity index is 3.20. The van der Waals surface area contributed by atoms with Crippen molar-refractivity contribution in [1.29, 1.82) is 0 Å². The van der Waals surface area contributed by atoms with Gasteiger partial charge in [-0.2, -0.15) is 8.78 Å². The number of carbonyl (C=O) groups excluding carboxylic acids is 6. The summed E-state index contributed by atoms with van der Waals surface area (Å²) >= 11 is 0. The minimum absolute atomic E-state index is 0.369. The number of aliphatic hydroxyl groups is 2. The van der Waals surface area contributed by atoms with E-state index in [1.165, 1.54) is 27.7 Å². The maximum absolute atomic E-state index is 15.7. The van der Waals surface area contributed by atoms with Gasteiger partial charge in [-0.05, 0) is 37.7 Å². The first-order chi connectivity index (χ1) is 22.3. The van der Waals surface area contributed by atoms with Crippen molar-refractivity contribution in [2.24, 2.45) is 17.6 Å². The predicted octanol–water partition coefficient (Wildman–Crippen LogP) is -1.51. The fourth-order valence-electron chi connectivity index (χ4n) is 4.32. The Morgan fingerprint density at radius 3 is 1.75 bits per heavy atom. The Bertz CT molecular complexity index is 1270. The normalized spacial score (nSPS) is 16.0. The molecule has 48 heavy (non-hydrogen) atoms. The first-order valence-electron chi connectivity index (χ1n) is 15.3. The van der Waals surface area contributed by atoms with Crippen LogP contribution in [0.5, 0.6) is 0 Å². The summed E-state index contributed by atoms with van der Waals surface area (Å²) in [7, 11) is 1.12. The Hall–Kier alpha value is -4.22. The lowest BCUT2D eigenvalue weighted by atomic mass is 9.95. The van der Waals surface area contributed by atoms with Gasteiger partial charge in [-0.3, -0.25) is 24.0 Å². The SMILES string of the molecule is COC(=O)C(NC(=O)C(NC(=O)C(F)(F)[C@H](O)[C@H](Cc1ccccc1)NC(=O)[C@H](C)NC(=O)[C@H](C)NC(=O)[C@@H](N)CO)C(C)C)C(C)C. The Morgan fingerprint density at radius 2 is 1.27 bits per heavy atom. The second-order valence-electron chi connectivity index (χ2n) is 12.1. The smallest absolute Gasteiger partial charge is 0.351 e. The van der Waals surface area contributed by atoms with Crippen LogP contribution in [0.15, 0.2) is 30.3 Å². The van der Waals surface area contributed by atoms with Gasteiger partial charge in [-0.15, -0.1) is 0 Å². The van der Waals surface area contributed by atoms with Gasteiger partial charge in [0.05, 0.1) is 19.8 Å². The number of nitrogens with two attached hydrogens (primary N) is 1. The standard InChI is InChI=1S/C31H48F2N6O9/c1-15(2)22(28(45)38-23(16(3)4)29(46)48-7)39-30(47)31(32,33)24(41)21(13-19-11-9-8-10-12-19)37-26(43)18(6)35-25(42)17(5)36-27(44)20(34)14-40/h8-12,15-18,20-24,40-41H,13-14,34H2,1-7H3,(H,35,42)(H,36,44)(H,37,43)(H,38,45)(H,39,47)/t17-,18-,20-,21-,22?,23?,24+/m0/s1. The molecule has 0 aromatic heterocycles. The molecule has 0 saturated heterocycles. The molecular formula is C31H48F2N6O9. The third kappa shape index (κ3) is 12.1. The number of amides is 5. The molecule has 1 aromatic rings. The van der Waals surface area contributed by atoms with E-state index in [4.69, 9.17) is 10.8 Å². The van der Waals surface area contributed by atoms with Gasteiger partial charge in [0.15, 0.2) is 0 Å². The van der Waals surface area contributed by atoms with E-state index in [9.17, 15) is 33.9 Å². The number of nitrogens with one attached hydrogen (secondary N) is 5. The van der Waals surface area contributed by atoms with Crippen molar-refractivity contribution < 1.29 is 52.5 Å². The molecule has 1 rings (SSSR count). The fourth-order valence-corrected chi connectivity index (χ4v) is 4.32. The highest BCUT2D eigenvalue weighted by Crippen LogP contribution is 2.25. The number of aliphatic hydroxyl groups excluding tert-OH is 2. The van der Waals surface area contributed by atoms with Crippen LogP contribution in [0.1, 0.15) is 47.1 Å². The summed E-state index contributed by atoms with van der Waals surface area (Å²) in [5.74, 6) is -12.1. The summed E-state index contributed by atoms with van der Waals surface area (Å²) in [4.78, 5) is 75.6. The van der Waals surface area contributed by atoms with Gasteiger partial charge in [-0.1, -0.05) is 58.0 Å². The largest absolute Gasteiger partial charge is 0.467 e. The number of esters is 1. The van der Waals surface area contributed by atoms with E-state index < -0.39 is 102 Å². The zero-order chi connectivity index (χ0) is 36.9. The monoisotopic (exact) mass is 686 g/mol. The van der Waals surface area contributed by atoms with Crippen LogP contribution in [0.4, 0.5) is 8.78 Å². The molecule has 0 spiro atoms. The van der Waals surface area contributed by atoms with Crippen LogP contribution in [0.2, 0.25) is 0 Å². The molecule has 7 atom stereocenters. The molecule has 2 unspecified atom stereocenters. The maximum Gasteiger partial charge on any atom is 0.351 e. The van der Waals surface area contributed by atoms with Crippen LogP contribution in [-0.2, 0) is 39.9 Å². The van der Waals surface area contributed by atoms with Crippen molar-refractivity contribution in [3.63, 3.8) is 0 Å². The Labute approximate surface area is 278 Å². The number of carbonyl (C=O) groups is 6. The van der Waals surface area contributed by atoms with Crippen molar-refractivity contribution >= 4 is 35.5 Å². The molecule has 17 heteroatoms. The molecule has 270 valence electrons. The lowest BCUT2D eigenvalue weighted by molar-refractivity contribution is -0.169. The number of benzene rings is 1. The number of hydrogen-bond acceptors (Lipinski definition) is 10. The van der Waals surface area contributed by atoms with Crippen LogP contribution >= 0.6 is 0 Å². The van der Waals surface area contributed by atoms with E-state index in [1.54, 1.807) is 44.2 Å².